The number of hydrogen-bond donors (Lipinski definition) is 1. The number of nitrogens with one attached hydrogen (secondary N) is 1. The number of aryl methyl sites for hydroxylation is 1. The van der Waals surface area contributed by atoms with E-state index in [2.05, 4.69) is 65.2 Å². The summed E-state index contributed by atoms with van der Waals surface area (Å²) >= 11 is 0. The molecule has 6 nitrogen and oxygen atoms in total. The van der Waals surface area contributed by atoms with Gasteiger partial charge in [0.15, 0.2) is 5.82 Å². The molecule has 0 atom stereocenters. The molecule has 2 saturated heterocycles. The lowest BCUT2D eigenvalue weighted by Gasteiger charge is -2.34. The van der Waals surface area contributed by atoms with Gasteiger partial charge in [-0.15, -0.1) is 0 Å². The van der Waals surface area contributed by atoms with E-state index in [4.69, 9.17) is 9.97 Å². The SMILES string of the molecule is CCCc1c(C)nc(-c2ccc(N3CCN(C)CC3)cc2)nc1NCCCN1CCCC1. The van der Waals surface area contributed by atoms with Crippen molar-refractivity contribution < 1.29 is 0 Å². The summed E-state index contributed by atoms with van der Waals surface area (Å²) in [6.07, 6.45) is 5.99. The number of aromatic nitrogens is 2. The fourth-order valence-electron chi connectivity index (χ4n) is 4.82. The van der Waals surface area contributed by atoms with Crippen molar-refractivity contribution in [2.45, 2.75) is 46.0 Å². The molecule has 0 radical (unpaired) electrons. The standard InChI is InChI=1S/C26H40N6/c1-4-8-24-21(2)28-25(29-26(24)27-13-7-16-31-14-5-6-15-31)22-9-11-23(12-10-22)32-19-17-30(3)18-20-32/h9-12H,4-8,13-20H2,1-3H3,(H,27,28,29). The van der Waals surface area contributed by atoms with Gasteiger partial charge in [-0.1, -0.05) is 13.3 Å². The van der Waals surface area contributed by atoms with E-state index < -0.39 is 0 Å². The van der Waals surface area contributed by atoms with Crippen molar-refractivity contribution in [1.82, 2.24) is 19.8 Å². The molecule has 2 aromatic rings. The van der Waals surface area contributed by atoms with Crippen molar-refractivity contribution in [3.8, 4) is 11.4 Å². The highest BCUT2D eigenvalue weighted by atomic mass is 15.2. The number of likely N-dealkylation sites (N-methyl/N-ethyl adjacent to an activating group) is 1. The van der Waals surface area contributed by atoms with E-state index >= 15 is 0 Å². The van der Waals surface area contributed by atoms with Crippen LogP contribution in [0.25, 0.3) is 11.4 Å². The maximum absolute atomic E-state index is 4.99. The number of hydrogen-bond acceptors (Lipinski definition) is 6. The van der Waals surface area contributed by atoms with Crippen LogP contribution in [0.3, 0.4) is 0 Å². The second-order valence-electron chi connectivity index (χ2n) is 9.38. The second-order valence-corrected chi connectivity index (χ2v) is 9.38. The molecule has 1 aromatic carbocycles. The molecule has 174 valence electrons. The highest BCUT2D eigenvalue weighted by Gasteiger charge is 2.16. The molecule has 2 aliphatic heterocycles. The Labute approximate surface area is 194 Å². The quantitative estimate of drug-likeness (QED) is 0.599. The van der Waals surface area contributed by atoms with E-state index in [9.17, 15) is 0 Å². The van der Waals surface area contributed by atoms with E-state index in [0.717, 1.165) is 74.9 Å². The van der Waals surface area contributed by atoms with Crippen molar-refractivity contribution in [2.75, 3.05) is 69.6 Å². The fourth-order valence-corrected chi connectivity index (χ4v) is 4.82. The van der Waals surface area contributed by atoms with Gasteiger partial charge in [-0.25, -0.2) is 9.97 Å². The first-order chi connectivity index (χ1) is 15.6. The van der Waals surface area contributed by atoms with Gasteiger partial charge in [0, 0.05) is 55.2 Å². The summed E-state index contributed by atoms with van der Waals surface area (Å²) in [6.45, 7) is 13.4. The first-order valence-corrected chi connectivity index (χ1v) is 12.5. The zero-order valence-electron chi connectivity index (χ0n) is 20.2. The van der Waals surface area contributed by atoms with Crippen LogP contribution < -0.4 is 10.2 Å². The van der Waals surface area contributed by atoms with Crippen LogP contribution in [0.5, 0.6) is 0 Å². The van der Waals surface area contributed by atoms with Crippen LogP contribution in [0.4, 0.5) is 11.5 Å². The predicted octanol–water partition coefficient (Wildman–Crippen LogP) is 4.05. The molecule has 0 spiro atoms. The van der Waals surface area contributed by atoms with Crippen LogP contribution in [-0.2, 0) is 6.42 Å². The Morgan fingerprint density at radius 1 is 0.938 bits per heavy atom. The summed E-state index contributed by atoms with van der Waals surface area (Å²) < 4.78 is 0. The molecule has 0 aliphatic carbocycles. The van der Waals surface area contributed by atoms with Crippen LogP contribution in [0.15, 0.2) is 24.3 Å². The van der Waals surface area contributed by atoms with Crippen molar-refractivity contribution in [3.05, 3.63) is 35.5 Å². The Bertz CT molecular complexity index is 851. The van der Waals surface area contributed by atoms with Crippen LogP contribution in [0.2, 0.25) is 0 Å². The Kier molecular flexibility index (Phi) is 7.98. The summed E-state index contributed by atoms with van der Waals surface area (Å²) in [5.74, 6) is 1.85. The molecule has 4 rings (SSSR count). The van der Waals surface area contributed by atoms with Gasteiger partial charge in [0.05, 0.1) is 0 Å². The van der Waals surface area contributed by atoms with Crippen LogP contribution in [0, 0.1) is 6.92 Å². The van der Waals surface area contributed by atoms with Crippen molar-refractivity contribution in [1.29, 1.82) is 0 Å². The average molecular weight is 437 g/mol. The van der Waals surface area contributed by atoms with E-state index in [1.807, 2.05) is 0 Å². The van der Waals surface area contributed by atoms with Crippen LogP contribution >= 0.6 is 0 Å². The Balaban J connectivity index is 1.45. The molecule has 6 heteroatoms. The molecule has 0 amide bonds. The number of rotatable bonds is 9. The summed E-state index contributed by atoms with van der Waals surface area (Å²) in [6, 6.07) is 8.81. The molecular weight excluding hydrogens is 396 g/mol. The number of anilines is 2. The third kappa shape index (κ3) is 5.78. The van der Waals surface area contributed by atoms with Crippen LogP contribution in [0.1, 0.15) is 43.9 Å². The summed E-state index contributed by atoms with van der Waals surface area (Å²) in [5, 5.41) is 3.65. The van der Waals surface area contributed by atoms with E-state index in [-0.39, 0.29) is 0 Å². The molecule has 1 N–H and O–H groups in total. The van der Waals surface area contributed by atoms with Gasteiger partial charge >= 0.3 is 0 Å². The van der Waals surface area contributed by atoms with Crippen molar-refractivity contribution in [2.24, 2.45) is 0 Å². The minimum absolute atomic E-state index is 0.828. The smallest absolute Gasteiger partial charge is 0.161 e. The van der Waals surface area contributed by atoms with Gasteiger partial charge < -0.3 is 20.0 Å². The minimum Gasteiger partial charge on any atom is -0.370 e. The van der Waals surface area contributed by atoms with Gasteiger partial charge in [-0.05, 0) is 83.6 Å². The maximum Gasteiger partial charge on any atom is 0.161 e. The lowest BCUT2D eigenvalue weighted by atomic mass is 10.1. The minimum atomic E-state index is 0.828. The van der Waals surface area contributed by atoms with Gasteiger partial charge in [0.25, 0.3) is 0 Å². The molecular formula is C26H40N6. The van der Waals surface area contributed by atoms with Gasteiger partial charge in [-0.2, -0.15) is 0 Å². The Morgan fingerprint density at radius 3 is 2.34 bits per heavy atom. The third-order valence-corrected chi connectivity index (χ3v) is 6.85. The molecule has 2 fully saturated rings. The van der Waals surface area contributed by atoms with E-state index in [0.29, 0.717) is 0 Å². The molecule has 1 aromatic heterocycles. The van der Waals surface area contributed by atoms with E-state index in [1.165, 1.54) is 43.7 Å². The Morgan fingerprint density at radius 2 is 1.66 bits per heavy atom. The van der Waals surface area contributed by atoms with Crippen molar-refractivity contribution in [3.63, 3.8) is 0 Å². The Hall–Kier alpha value is -2.18. The molecule has 0 saturated carbocycles. The van der Waals surface area contributed by atoms with E-state index in [1.54, 1.807) is 0 Å². The first-order valence-electron chi connectivity index (χ1n) is 12.5. The lowest BCUT2D eigenvalue weighted by Crippen LogP contribution is -2.44. The largest absolute Gasteiger partial charge is 0.370 e. The number of nitrogens with zero attached hydrogens (tertiary/aromatic N) is 5. The summed E-state index contributed by atoms with van der Waals surface area (Å²) in [4.78, 5) is 17.3. The normalized spacial score (nSPS) is 17.8. The lowest BCUT2D eigenvalue weighted by molar-refractivity contribution is 0.313. The summed E-state index contributed by atoms with van der Waals surface area (Å²) in [5.41, 5.74) is 4.75. The average Bonchev–Trinajstić information content (AvgIpc) is 3.33. The molecule has 0 unspecified atom stereocenters. The third-order valence-electron chi connectivity index (χ3n) is 6.85. The molecule has 32 heavy (non-hydrogen) atoms. The first kappa shape index (κ1) is 23.0. The number of piperazine rings is 1. The monoisotopic (exact) mass is 436 g/mol. The van der Waals surface area contributed by atoms with Gasteiger partial charge in [-0.3, -0.25) is 0 Å². The summed E-state index contributed by atoms with van der Waals surface area (Å²) in [7, 11) is 2.19. The van der Waals surface area contributed by atoms with Crippen molar-refractivity contribution >= 4 is 11.5 Å². The maximum atomic E-state index is 4.99. The molecule has 2 aliphatic rings. The zero-order chi connectivity index (χ0) is 22.3. The van der Waals surface area contributed by atoms with Gasteiger partial charge in [0.1, 0.15) is 5.82 Å². The number of likely N-dealkylation sites (tertiary alicyclic amines) is 1. The fraction of sp³-hybridized carbons (Fsp3) is 0.615. The highest BCUT2D eigenvalue weighted by Crippen LogP contribution is 2.26. The topological polar surface area (TPSA) is 47.5 Å². The predicted molar refractivity (Wildman–Crippen MR) is 135 cm³/mol. The number of benzene rings is 1. The van der Waals surface area contributed by atoms with Crippen LogP contribution in [-0.4, -0.2) is 79.2 Å². The van der Waals surface area contributed by atoms with Gasteiger partial charge in [0.2, 0.25) is 0 Å². The molecule has 0 bridgehead atoms. The highest BCUT2D eigenvalue weighted by molar-refractivity contribution is 5.63. The second kappa shape index (κ2) is 11.1. The molecule has 3 heterocycles. The zero-order valence-corrected chi connectivity index (χ0v) is 20.2.